The normalized spacial score (nSPS) is 14.8. The lowest BCUT2D eigenvalue weighted by Gasteiger charge is -2.28. The second kappa shape index (κ2) is 9.27. The van der Waals surface area contributed by atoms with E-state index in [4.69, 9.17) is 0 Å². The molecule has 1 amide bonds. The fourth-order valence-corrected chi connectivity index (χ4v) is 3.70. The van der Waals surface area contributed by atoms with Crippen molar-refractivity contribution < 1.29 is 4.79 Å². The van der Waals surface area contributed by atoms with Gasteiger partial charge in [0.25, 0.3) is 0 Å². The third-order valence-electron chi connectivity index (χ3n) is 5.61. The van der Waals surface area contributed by atoms with E-state index in [9.17, 15) is 4.79 Å². The predicted molar refractivity (Wildman–Crippen MR) is 118 cm³/mol. The molecule has 150 valence electrons. The second-order valence-corrected chi connectivity index (χ2v) is 8.94. The Balaban J connectivity index is 1.42. The largest absolute Gasteiger partial charge is 0.372 e. The Hall–Kier alpha value is -2.29. The molecule has 2 aromatic carbocycles. The van der Waals surface area contributed by atoms with Crippen molar-refractivity contribution in [1.29, 1.82) is 0 Å². The van der Waals surface area contributed by atoms with Gasteiger partial charge >= 0.3 is 0 Å². The van der Waals surface area contributed by atoms with Crippen LogP contribution in [0.3, 0.4) is 0 Å². The van der Waals surface area contributed by atoms with E-state index in [1.165, 1.54) is 36.1 Å². The minimum Gasteiger partial charge on any atom is -0.372 e. The molecule has 0 atom stereocenters. The number of hydrogen-bond donors (Lipinski definition) is 1. The van der Waals surface area contributed by atoms with Crippen molar-refractivity contribution in [3.8, 4) is 0 Å². The summed E-state index contributed by atoms with van der Waals surface area (Å²) in [6.07, 6.45) is 5.24. The van der Waals surface area contributed by atoms with Crippen molar-refractivity contribution >= 4 is 11.6 Å². The quantitative estimate of drug-likeness (QED) is 0.747. The number of nitrogens with one attached hydrogen (secondary N) is 1. The number of amides is 1. The summed E-state index contributed by atoms with van der Waals surface area (Å²) < 4.78 is 0. The first-order valence-corrected chi connectivity index (χ1v) is 10.6. The zero-order valence-corrected chi connectivity index (χ0v) is 17.6. The van der Waals surface area contributed by atoms with E-state index in [2.05, 4.69) is 79.5 Å². The summed E-state index contributed by atoms with van der Waals surface area (Å²) in [5.41, 5.74) is 5.17. The van der Waals surface area contributed by atoms with Gasteiger partial charge in [-0.05, 0) is 59.9 Å². The Labute approximate surface area is 170 Å². The summed E-state index contributed by atoms with van der Waals surface area (Å²) in [5.74, 6) is 0.111. The molecule has 1 fully saturated rings. The molecule has 3 rings (SSSR count). The first-order valence-electron chi connectivity index (χ1n) is 10.6. The zero-order chi connectivity index (χ0) is 20.0. The van der Waals surface area contributed by atoms with Crippen LogP contribution < -0.4 is 10.2 Å². The fourth-order valence-electron chi connectivity index (χ4n) is 3.70. The van der Waals surface area contributed by atoms with Crippen LogP contribution >= 0.6 is 0 Å². The lowest BCUT2D eigenvalue weighted by Crippen LogP contribution is -2.29. The summed E-state index contributed by atoms with van der Waals surface area (Å²) in [6, 6.07) is 17.3. The van der Waals surface area contributed by atoms with Gasteiger partial charge in [0.05, 0.1) is 0 Å². The number of benzene rings is 2. The molecule has 28 heavy (non-hydrogen) atoms. The number of rotatable bonds is 6. The highest BCUT2D eigenvalue weighted by Gasteiger charge is 2.13. The molecule has 2 aromatic rings. The summed E-state index contributed by atoms with van der Waals surface area (Å²) in [5, 5.41) is 3.05. The number of carbonyl (C=O) groups is 1. The van der Waals surface area contributed by atoms with E-state index >= 15 is 0 Å². The van der Waals surface area contributed by atoms with Crippen molar-refractivity contribution in [2.75, 3.05) is 18.0 Å². The molecule has 3 nitrogen and oxygen atoms in total. The number of hydrogen-bond acceptors (Lipinski definition) is 2. The van der Waals surface area contributed by atoms with Gasteiger partial charge < -0.3 is 10.2 Å². The molecule has 1 saturated heterocycles. The zero-order valence-electron chi connectivity index (χ0n) is 17.6. The first-order chi connectivity index (χ1) is 13.4. The molecule has 0 unspecified atom stereocenters. The monoisotopic (exact) mass is 378 g/mol. The van der Waals surface area contributed by atoms with Crippen LogP contribution in [0, 0.1) is 0 Å². The number of nitrogens with zero attached hydrogens (tertiary/aromatic N) is 1. The van der Waals surface area contributed by atoms with Gasteiger partial charge in [0, 0.05) is 31.7 Å². The molecule has 0 radical (unpaired) electrons. The van der Waals surface area contributed by atoms with Gasteiger partial charge in [-0.2, -0.15) is 0 Å². The van der Waals surface area contributed by atoms with E-state index in [1.807, 2.05) is 0 Å². The fraction of sp³-hybridized carbons (Fsp3) is 0.480. The standard InChI is InChI=1S/C25H34N2O/c1-25(2,3)22-12-7-20(8-13-22)11-16-24(28)26-19-21-9-14-23(15-10-21)27-17-5-4-6-18-27/h7-10,12-15H,4-6,11,16-19H2,1-3H3,(H,26,28). The third kappa shape index (κ3) is 5.85. The van der Waals surface area contributed by atoms with Crippen LogP contribution in [-0.4, -0.2) is 19.0 Å². The Bertz CT molecular complexity index is 751. The van der Waals surface area contributed by atoms with E-state index < -0.39 is 0 Å². The molecule has 0 bridgehead atoms. The topological polar surface area (TPSA) is 32.3 Å². The Morgan fingerprint density at radius 3 is 2.11 bits per heavy atom. The van der Waals surface area contributed by atoms with Crippen LogP contribution in [-0.2, 0) is 23.2 Å². The van der Waals surface area contributed by atoms with Crippen LogP contribution in [0.15, 0.2) is 48.5 Å². The van der Waals surface area contributed by atoms with E-state index in [1.54, 1.807) is 0 Å². The minimum atomic E-state index is 0.111. The van der Waals surface area contributed by atoms with Crippen molar-refractivity contribution in [2.24, 2.45) is 0 Å². The maximum atomic E-state index is 12.2. The lowest BCUT2D eigenvalue weighted by atomic mass is 9.86. The summed E-state index contributed by atoms with van der Waals surface area (Å²) in [4.78, 5) is 14.7. The number of aryl methyl sites for hydroxylation is 1. The molecule has 1 aliphatic heterocycles. The number of anilines is 1. The number of piperidine rings is 1. The van der Waals surface area contributed by atoms with Crippen molar-refractivity contribution in [3.63, 3.8) is 0 Å². The number of carbonyl (C=O) groups excluding carboxylic acids is 1. The van der Waals surface area contributed by atoms with Gasteiger partial charge in [0.1, 0.15) is 0 Å². The average molecular weight is 379 g/mol. The molecule has 0 aromatic heterocycles. The molecule has 0 aliphatic carbocycles. The summed E-state index contributed by atoms with van der Waals surface area (Å²) in [6.45, 7) is 9.57. The van der Waals surface area contributed by atoms with Crippen molar-refractivity contribution in [3.05, 3.63) is 65.2 Å². The van der Waals surface area contributed by atoms with Gasteiger partial charge in [-0.1, -0.05) is 57.2 Å². The van der Waals surface area contributed by atoms with Gasteiger partial charge in [-0.25, -0.2) is 0 Å². The third-order valence-corrected chi connectivity index (χ3v) is 5.61. The first kappa shape index (κ1) is 20.4. The van der Waals surface area contributed by atoms with Gasteiger partial charge in [-0.15, -0.1) is 0 Å². The van der Waals surface area contributed by atoms with Crippen molar-refractivity contribution in [1.82, 2.24) is 5.32 Å². The molecule has 0 saturated carbocycles. The SMILES string of the molecule is CC(C)(C)c1ccc(CCC(=O)NCc2ccc(N3CCCCC3)cc2)cc1. The highest BCUT2D eigenvalue weighted by Crippen LogP contribution is 2.22. The van der Waals surface area contributed by atoms with Gasteiger partial charge in [0.15, 0.2) is 0 Å². The van der Waals surface area contributed by atoms with Gasteiger partial charge in [0.2, 0.25) is 5.91 Å². The Morgan fingerprint density at radius 2 is 1.50 bits per heavy atom. The maximum Gasteiger partial charge on any atom is 0.220 e. The molecule has 1 aliphatic rings. The Kier molecular flexibility index (Phi) is 6.77. The van der Waals surface area contributed by atoms with Crippen LogP contribution in [0.1, 0.15) is 63.1 Å². The van der Waals surface area contributed by atoms with Crippen LogP contribution in [0.2, 0.25) is 0 Å². The van der Waals surface area contributed by atoms with Crippen LogP contribution in [0.25, 0.3) is 0 Å². The molecule has 0 spiro atoms. The maximum absolute atomic E-state index is 12.2. The van der Waals surface area contributed by atoms with Crippen molar-refractivity contribution in [2.45, 2.75) is 64.8 Å². The van der Waals surface area contributed by atoms with Crippen LogP contribution in [0.5, 0.6) is 0 Å². The lowest BCUT2D eigenvalue weighted by molar-refractivity contribution is -0.121. The molecule has 1 N–H and O–H groups in total. The predicted octanol–water partition coefficient (Wildman–Crippen LogP) is 5.22. The summed E-state index contributed by atoms with van der Waals surface area (Å²) >= 11 is 0. The van der Waals surface area contributed by atoms with E-state index in [-0.39, 0.29) is 11.3 Å². The van der Waals surface area contributed by atoms with Crippen LogP contribution in [0.4, 0.5) is 5.69 Å². The molecule has 3 heteroatoms. The average Bonchev–Trinajstić information content (AvgIpc) is 2.71. The minimum absolute atomic E-state index is 0.111. The molecular weight excluding hydrogens is 344 g/mol. The highest BCUT2D eigenvalue weighted by atomic mass is 16.1. The molecule has 1 heterocycles. The Morgan fingerprint density at radius 1 is 0.893 bits per heavy atom. The van der Waals surface area contributed by atoms with E-state index in [0.29, 0.717) is 13.0 Å². The smallest absolute Gasteiger partial charge is 0.220 e. The van der Waals surface area contributed by atoms with Gasteiger partial charge in [-0.3, -0.25) is 4.79 Å². The highest BCUT2D eigenvalue weighted by molar-refractivity contribution is 5.76. The summed E-state index contributed by atoms with van der Waals surface area (Å²) in [7, 11) is 0. The second-order valence-electron chi connectivity index (χ2n) is 8.94. The van der Waals surface area contributed by atoms with E-state index in [0.717, 1.165) is 25.1 Å². The molecular formula is C25H34N2O.